The van der Waals surface area contributed by atoms with Crippen molar-refractivity contribution in [3.05, 3.63) is 28.5 Å². The smallest absolute Gasteiger partial charge is 0.264 e. The topological polar surface area (TPSA) is 63.2 Å². The van der Waals surface area contributed by atoms with Crippen molar-refractivity contribution < 1.29 is 17.6 Å². The minimum atomic E-state index is -4.29. The number of nitrogens with one attached hydrogen (secondary N) is 1. The van der Waals surface area contributed by atoms with Crippen LogP contribution in [0.25, 0.3) is 0 Å². The molecule has 0 bridgehead atoms. The van der Waals surface area contributed by atoms with Gasteiger partial charge in [-0.15, -0.1) is 0 Å². The third-order valence-corrected chi connectivity index (χ3v) is 3.39. The summed E-state index contributed by atoms with van der Waals surface area (Å²) in [6.45, 7) is 1.91. The Kier molecular flexibility index (Phi) is 4.35. The quantitative estimate of drug-likeness (QED) is 0.870. The van der Waals surface area contributed by atoms with E-state index in [0.717, 1.165) is 12.1 Å². The molecule has 1 N–H and O–H groups in total. The molecule has 0 fully saturated rings. The van der Waals surface area contributed by atoms with Gasteiger partial charge in [-0.25, -0.2) is 12.8 Å². The summed E-state index contributed by atoms with van der Waals surface area (Å²) >= 11 is 5.60. The summed E-state index contributed by atoms with van der Waals surface area (Å²) in [7, 11) is 0.737. The Bertz CT molecular complexity index is 560. The predicted octanol–water partition coefficient (Wildman–Crippen LogP) is 2.16. The molecule has 0 saturated heterocycles. The van der Waals surface area contributed by atoms with E-state index in [1.807, 2.05) is 0 Å². The van der Waals surface area contributed by atoms with Gasteiger partial charge in [-0.1, -0.05) is 11.6 Å². The van der Waals surface area contributed by atoms with Crippen LogP contribution in [-0.2, 0) is 9.05 Å². The standard InChI is InChI=1S/C9H8Cl2FNO3S/c1-2-13-9(14)6-3-5(10)4-7(8(6)12)17(11,15)16/h3-4H,2H2,1H3,(H,13,14). The molecule has 1 aromatic rings. The first kappa shape index (κ1) is 14.2. The van der Waals surface area contributed by atoms with Crippen LogP contribution in [0.1, 0.15) is 17.3 Å². The Balaban J connectivity index is 3.44. The number of hydrogen-bond acceptors (Lipinski definition) is 3. The summed E-state index contributed by atoms with van der Waals surface area (Å²) in [4.78, 5) is 10.6. The molecule has 0 unspecified atom stereocenters. The van der Waals surface area contributed by atoms with Crippen molar-refractivity contribution >= 4 is 37.2 Å². The second kappa shape index (κ2) is 5.20. The predicted molar refractivity (Wildman–Crippen MR) is 62.5 cm³/mol. The first-order valence-corrected chi connectivity index (χ1v) is 7.18. The number of carbonyl (C=O) groups excluding carboxylic acids is 1. The lowest BCUT2D eigenvalue weighted by atomic mass is 10.2. The molecule has 1 amide bonds. The lowest BCUT2D eigenvalue weighted by molar-refractivity contribution is 0.0951. The molecular weight excluding hydrogens is 292 g/mol. The summed E-state index contributed by atoms with van der Waals surface area (Å²) < 4.78 is 35.9. The first-order chi connectivity index (χ1) is 7.77. The Morgan fingerprint density at radius 3 is 2.53 bits per heavy atom. The lowest BCUT2D eigenvalue weighted by Gasteiger charge is -2.07. The Morgan fingerprint density at radius 2 is 2.06 bits per heavy atom. The van der Waals surface area contributed by atoms with Gasteiger partial charge in [0.1, 0.15) is 4.90 Å². The molecule has 1 aromatic carbocycles. The van der Waals surface area contributed by atoms with Crippen LogP contribution >= 0.6 is 22.3 Å². The largest absolute Gasteiger partial charge is 0.352 e. The van der Waals surface area contributed by atoms with Crippen molar-refractivity contribution in [1.82, 2.24) is 5.32 Å². The highest BCUT2D eigenvalue weighted by Crippen LogP contribution is 2.26. The molecule has 0 saturated carbocycles. The summed E-state index contributed by atoms with van der Waals surface area (Å²) in [5.41, 5.74) is -0.460. The van der Waals surface area contributed by atoms with E-state index < -0.39 is 31.2 Å². The molecule has 0 atom stereocenters. The number of hydrogen-bond donors (Lipinski definition) is 1. The normalized spacial score (nSPS) is 11.3. The number of amides is 1. The van der Waals surface area contributed by atoms with Gasteiger partial charge in [0.05, 0.1) is 5.56 Å². The van der Waals surface area contributed by atoms with Gasteiger partial charge >= 0.3 is 0 Å². The fourth-order valence-electron chi connectivity index (χ4n) is 1.16. The van der Waals surface area contributed by atoms with E-state index in [1.54, 1.807) is 6.92 Å². The van der Waals surface area contributed by atoms with Crippen molar-refractivity contribution in [2.45, 2.75) is 11.8 Å². The van der Waals surface area contributed by atoms with Crippen molar-refractivity contribution in [1.29, 1.82) is 0 Å². The summed E-state index contributed by atoms with van der Waals surface area (Å²) in [6.07, 6.45) is 0. The molecule has 0 aliphatic carbocycles. The Hall–Kier alpha value is -0.850. The third-order valence-electron chi connectivity index (χ3n) is 1.85. The molecule has 0 heterocycles. The maximum atomic E-state index is 13.7. The fraction of sp³-hybridized carbons (Fsp3) is 0.222. The van der Waals surface area contributed by atoms with Crippen molar-refractivity contribution in [2.24, 2.45) is 0 Å². The molecule has 17 heavy (non-hydrogen) atoms. The zero-order valence-electron chi connectivity index (χ0n) is 8.63. The van der Waals surface area contributed by atoms with Crippen LogP contribution in [0.15, 0.2) is 17.0 Å². The van der Waals surface area contributed by atoms with Crippen molar-refractivity contribution in [3.8, 4) is 0 Å². The van der Waals surface area contributed by atoms with Crippen LogP contribution in [-0.4, -0.2) is 20.9 Å². The highest BCUT2D eigenvalue weighted by molar-refractivity contribution is 8.13. The number of halogens is 3. The molecule has 0 spiro atoms. The van der Waals surface area contributed by atoms with E-state index in [0.29, 0.717) is 0 Å². The zero-order valence-corrected chi connectivity index (χ0v) is 11.0. The third kappa shape index (κ3) is 3.31. The number of benzene rings is 1. The minimum Gasteiger partial charge on any atom is -0.352 e. The van der Waals surface area contributed by atoms with Crippen LogP contribution in [0.3, 0.4) is 0 Å². The Labute approximate surface area is 107 Å². The molecule has 0 radical (unpaired) electrons. The molecule has 4 nitrogen and oxygen atoms in total. The van der Waals surface area contributed by atoms with Gasteiger partial charge in [-0.3, -0.25) is 4.79 Å². The monoisotopic (exact) mass is 299 g/mol. The van der Waals surface area contributed by atoms with E-state index in [-0.39, 0.29) is 11.6 Å². The maximum Gasteiger partial charge on any atom is 0.264 e. The van der Waals surface area contributed by atoms with Crippen molar-refractivity contribution in [2.75, 3.05) is 6.54 Å². The van der Waals surface area contributed by atoms with Crippen LogP contribution in [0.2, 0.25) is 5.02 Å². The second-order valence-electron chi connectivity index (χ2n) is 3.06. The molecule has 1 rings (SSSR count). The molecule has 8 heteroatoms. The van der Waals surface area contributed by atoms with Crippen LogP contribution in [0.5, 0.6) is 0 Å². The van der Waals surface area contributed by atoms with Crippen LogP contribution < -0.4 is 5.32 Å². The fourth-order valence-corrected chi connectivity index (χ4v) is 2.37. The summed E-state index contributed by atoms with van der Waals surface area (Å²) in [5, 5.41) is 2.24. The highest BCUT2D eigenvalue weighted by atomic mass is 35.7. The van der Waals surface area contributed by atoms with Crippen molar-refractivity contribution in [3.63, 3.8) is 0 Å². The molecule has 0 aromatic heterocycles. The van der Waals surface area contributed by atoms with Gasteiger partial charge in [0.15, 0.2) is 5.82 Å². The van der Waals surface area contributed by atoms with E-state index in [4.69, 9.17) is 22.3 Å². The molecule has 94 valence electrons. The van der Waals surface area contributed by atoms with Crippen LogP contribution in [0, 0.1) is 5.82 Å². The van der Waals surface area contributed by atoms with Gasteiger partial charge < -0.3 is 5.32 Å². The Morgan fingerprint density at radius 1 is 1.47 bits per heavy atom. The van der Waals surface area contributed by atoms with E-state index in [9.17, 15) is 17.6 Å². The van der Waals surface area contributed by atoms with E-state index >= 15 is 0 Å². The number of carbonyl (C=O) groups is 1. The van der Waals surface area contributed by atoms with Gasteiger partial charge in [0.2, 0.25) is 0 Å². The second-order valence-corrected chi connectivity index (χ2v) is 6.03. The average Bonchev–Trinajstić information content (AvgIpc) is 2.19. The summed E-state index contributed by atoms with van der Waals surface area (Å²) in [6, 6.07) is 1.88. The van der Waals surface area contributed by atoms with Gasteiger partial charge in [-0.05, 0) is 19.1 Å². The molecule has 0 aliphatic rings. The van der Waals surface area contributed by atoms with E-state index in [1.165, 1.54) is 0 Å². The summed E-state index contributed by atoms with van der Waals surface area (Å²) in [5.74, 6) is -1.97. The average molecular weight is 300 g/mol. The van der Waals surface area contributed by atoms with E-state index in [2.05, 4.69) is 5.32 Å². The lowest BCUT2D eigenvalue weighted by Crippen LogP contribution is -2.24. The van der Waals surface area contributed by atoms with Gasteiger partial charge in [0.25, 0.3) is 15.0 Å². The highest BCUT2D eigenvalue weighted by Gasteiger charge is 2.23. The van der Waals surface area contributed by atoms with Crippen LogP contribution in [0.4, 0.5) is 4.39 Å². The molecular formula is C9H8Cl2FNO3S. The maximum absolute atomic E-state index is 13.7. The number of rotatable bonds is 3. The van der Waals surface area contributed by atoms with Gasteiger partial charge in [0, 0.05) is 22.2 Å². The van der Waals surface area contributed by atoms with Gasteiger partial charge in [-0.2, -0.15) is 0 Å². The molecule has 0 aliphatic heterocycles. The zero-order chi connectivity index (χ0) is 13.2. The SMILES string of the molecule is CCNC(=O)c1cc(Cl)cc(S(=O)(=O)Cl)c1F. The first-order valence-electron chi connectivity index (χ1n) is 4.49. The minimum absolute atomic E-state index is 0.0909.